The first-order valence-corrected chi connectivity index (χ1v) is 6.00. The number of rotatable bonds is 4. The molecule has 118 valence electrons. The van der Waals surface area contributed by atoms with E-state index in [1.165, 1.54) is 6.07 Å². The maximum Gasteiger partial charge on any atom is 0.351 e. The van der Waals surface area contributed by atoms with Gasteiger partial charge in [-0.1, -0.05) is 0 Å². The van der Waals surface area contributed by atoms with E-state index in [4.69, 9.17) is 10.5 Å². The molecule has 1 aromatic heterocycles. The molecule has 0 bridgehead atoms. The zero-order chi connectivity index (χ0) is 15.8. The third-order valence-corrected chi connectivity index (χ3v) is 3.56. The molecular weight excluding hydrogens is 292 g/mol. The molecule has 0 unspecified atom stereocenters. The van der Waals surface area contributed by atoms with E-state index in [0.29, 0.717) is 4.57 Å². The van der Waals surface area contributed by atoms with Gasteiger partial charge in [-0.15, -0.1) is 0 Å². The van der Waals surface area contributed by atoms with E-state index >= 15 is 0 Å². The van der Waals surface area contributed by atoms with Crippen molar-refractivity contribution in [1.82, 2.24) is 9.55 Å². The van der Waals surface area contributed by atoms with Crippen LogP contribution in [0.5, 0.6) is 0 Å². The van der Waals surface area contributed by atoms with Crippen molar-refractivity contribution < 1.29 is 28.8 Å². The van der Waals surface area contributed by atoms with E-state index in [1.54, 1.807) is 0 Å². The van der Waals surface area contributed by atoms with E-state index in [-0.39, 0.29) is 5.82 Å². The minimum atomic E-state index is -2.61. The second-order valence-electron chi connectivity index (χ2n) is 4.90. The van der Waals surface area contributed by atoms with Gasteiger partial charge in [-0.3, -0.25) is 4.57 Å². The third-order valence-electron chi connectivity index (χ3n) is 3.56. The smallest absolute Gasteiger partial charge is 0.351 e. The quantitative estimate of drug-likeness (QED) is 0.512. The Labute approximate surface area is 117 Å². The molecule has 0 aliphatic carbocycles. The lowest BCUT2D eigenvalue weighted by Gasteiger charge is -2.30. The van der Waals surface area contributed by atoms with E-state index in [9.17, 15) is 28.9 Å². The fourth-order valence-corrected chi connectivity index (χ4v) is 2.29. The highest BCUT2D eigenvalue weighted by molar-refractivity contribution is 5.24. The number of hydrogen-bond donors (Lipinski definition) is 4. The average molecular weight is 307 g/mol. The van der Waals surface area contributed by atoms with Crippen LogP contribution in [-0.4, -0.2) is 62.1 Å². The Bertz CT molecular complexity index is 579. The first kappa shape index (κ1) is 15.8. The Kier molecular flexibility index (Phi) is 3.97. The van der Waals surface area contributed by atoms with Crippen LogP contribution < -0.4 is 11.4 Å². The van der Waals surface area contributed by atoms with Gasteiger partial charge in [-0.2, -0.15) is 4.98 Å². The normalized spacial score (nSPS) is 36.0. The molecule has 1 aliphatic rings. The van der Waals surface area contributed by atoms with Crippen LogP contribution in [0.15, 0.2) is 17.1 Å². The average Bonchev–Trinajstić information content (AvgIpc) is 2.70. The molecule has 4 atom stereocenters. The van der Waals surface area contributed by atoms with Crippen molar-refractivity contribution in [3.05, 3.63) is 22.7 Å². The molecule has 0 saturated carbocycles. The van der Waals surface area contributed by atoms with Gasteiger partial charge in [-0.05, 0) is 6.07 Å². The van der Waals surface area contributed by atoms with Crippen LogP contribution in [0.25, 0.3) is 0 Å². The Morgan fingerprint density at radius 3 is 2.62 bits per heavy atom. The number of alkyl halides is 2. The molecule has 8 nitrogen and oxygen atoms in total. The van der Waals surface area contributed by atoms with Crippen molar-refractivity contribution in [2.45, 2.75) is 23.5 Å². The van der Waals surface area contributed by atoms with E-state index in [2.05, 4.69) is 4.98 Å². The van der Waals surface area contributed by atoms with Gasteiger partial charge in [-0.25, -0.2) is 13.6 Å². The van der Waals surface area contributed by atoms with Crippen LogP contribution in [0.3, 0.4) is 0 Å². The predicted molar refractivity (Wildman–Crippen MR) is 65.8 cm³/mol. The Morgan fingerprint density at radius 1 is 1.48 bits per heavy atom. The number of nitrogen functional groups attached to an aromatic ring is 1. The van der Waals surface area contributed by atoms with Crippen LogP contribution in [-0.2, 0) is 4.74 Å². The number of anilines is 1. The van der Waals surface area contributed by atoms with Gasteiger partial charge in [0.25, 0.3) is 0 Å². The lowest BCUT2D eigenvalue weighted by molar-refractivity contribution is -0.142. The Hall–Kier alpha value is -1.62. The van der Waals surface area contributed by atoms with Gasteiger partial charge in [0.15, 0.2) is 17.4 Å². The zero-order valence-corrected chi connectivity index (χ0v) is 10.8. The number of nitrogens with two attached hydrogens (primary N) is 1. The third kappa shape index (κ3) is 2.20. The van der Waals surface area contributed by atoms with E-state index < -0.39 is 49.2 Å². The van der Waals surface area contributed by atoms with Crippen molar-refractivity contribution in [3.8, 4) is 0 Å². The van der Waals surface area contributed by atoms with Crippen molar-refractivity contribution in [2.75, 3.05) is 25.7 Å². The van der Waals surface area contributed by atoms with Crippen molar-refractivity contribution in [3.63, 3.8) is 0 Å². The van der Waals surface area contributed by atoms with Crippen molar-refractivity contribution in [2.24, 2.45) is 0 Å². The van der Waals surface area contributed by atoms with Crippen LogP contribution in [0, 0.1) is 0 Å². The molecule has 1 aromatic rings. The van der Waals surface area contributed by atoms with Gasteiger partial charge < -0.3 is 25.8 Å². The molecule has 10 heteroatoms. The zero-order valence-electron chi connectivity index (χ0n) is 10.8. The highest BCUT2D eigenvalue weighted by Gasteiger charge is 2.64. The topological polar surface area (TPSA) is 131 Å². The highest BCUT2D eigenvalue weighted by atomic mass is 19.1. The molecule has 0 spiro atoms. The van der Waals surface area contributed by atoms with Gasteiger partial charge in [0, 0.05) is 6.20 Å². The first-order chi connectivity index (χ1) is 9.84. The first-order valence-electron chi connectivity index (χ1n) is 6.00. The largest absolute Gasteiger partial charge is 0.393 e. The molecule has 2 rings (SSSR count). The molecule has 0 amide bonds. The molecule has 1 saturated heterocycles. The number of aliphatic hydroxyl groups is 3. The molecule has 5 N–H and O–H groups in total. The number of aromatic nitrogens is 2. The van der Waals surface area contributed by atoms with E-state index in [1.807, 2.05) is 0 Å². The SMILES string of the molecule is Nc1ccn([C@@H]2O[C@@](CO)(CF)[C@@H](O)[C@]2(O)CF)c(=O)n1. The lowest BCUT2D eigenvalue weighted by atomic mass is 9.88. The summed E-state index contributed by atoms with van der Waals surface area (Å²) in [6, 6.07) is 1.18. The molecule has 0 aromatic carbocycles. The summed E-state index contributed by atoms with van der Waals surface area (Å²) in [6.07, 6.45) is -2.78. The second-order valence-corrected chi connectivity index (χ2v) is 4.90. The summed E-state index contributed by atoms with van der Waals surface area (Å²) in [5.41, 5.74) is -0.516. The van der Waals surface area contributed by atoms with Gasteiger partial charge in [0.1, 0.15) is 25.3 Å². The lowest BCUT2D eigenvalue weighted by Crippen LogP contribution is -2.55. The number of hydrogen-bond acceptors (Lipinski definition) is 7. The van der Waals surface area contributed by atoms with Crippen LogP contribution >= 0.6 is 0 Å². The highest BCUT2D eigenvalue weighted by Crippen LogP contribution is 2.44. The summed E-state index contributed by atoms with van der Waals surface area (Å²) in [6.45, 7) is -3.93. The summed E-state index contributed by atoms with van der Waals surface area (Å²) in [5, 5.41) is 29.4. The van der Waals surface area contributed by atoms with Gasteiger partial charge >= 0.3 is 5.69 Å². The molecule has 1 aliphatic heterocycles. The van der Waals surface area contributed by atoms with Gasteiger partial charge in [0.05, 0.1) is 6.61 Å². The maximum absolute atomic E-state index is 13.2. The molecule has 21 heavy (non-hydrogen) atoms. The Morgan fingerprint density at radius 2 is 2.14 bits per heavy atom. The Balaban J connectivity index is 2.54. The fraction of sp³-hybridized carbons (Fsp3) is 0.636. The standard InChI is InChI=1S/C11H15F2N3O5/c12-3-10(5-17)7(18)11(20,4-13)8(21-10)16-2-1-6(14)15-9(16)19/h1-2,7-8,17-18,20H,3-5H2,(H2,14,15,19)/t7-,8-,10-,11-/m1/s1. The number of ether oxygens (including phenoxy) is 1. The molecule has 1 fully saturated rings. The maximum atomic E-state index is 13.2. The van der Waals surface area contributed by atoms with Crippen molar-refractivity contribution >= 4 is 5.82 Å². The minimum absolute atomic E-state index is 0.113. The molecule has 2 heterocycles. The fourth-order valence-electron chi connectivity index (χ4n) is 2.29. The molecular formula is C11H15F2N3O5. The number of halogens is 2. The van der Waals surface area contributed by atoms with Crippen LogP contribution in [0.2, 0.25) is 0 Å². The van der Waals surface area contributed by atoms with Crippen molar-refractivity contribution in [1.29, 1.82) is 0 Å². The molecule has 0 radical (unpaired) electrons. The summed E-state index contributed by atoms with van der Waals surface area (Å²) < 4.78 is 32.1. The summed E-state index contributed by atoms with van der Waals surface area (Å²) >= 11 is 0. The minimum Gasteiger partial charge on any atom is -0.393 e. The van der Waals surface area contributed by atoms with E-state index in [0.717, 1.165) is 6.20 Å². The number of nitrogens with zero attached hydrogens (tertiary/aromatic N) is 2. The van der Waals surface area contributed by atoms with Crippen LogP contribution in [0.4, 0.5) is 14.6 Å². The van der Waals surface area contributed by atoms with Gasteiger partial charge in [0.2, 0.25) is 0 Å². The second kappa shape index (κ2) is 5.30. The number of aliphatic hydroxyl groups excluding tert-OH is 2. The summed E-state index contributed by atoms with van der Waals surface area (Å²) in [7, 11) is 0. The predicted octanol–water partition coefficient (Wildman–Crippen LogP) is -1.88. The monoisotopic (exact) mass is 307 g/mol. The summed E-state index contributed by atoms with van der Waals surface area (Å²) in [5.74, 6) is -0.113. The van der Waals surface area contributed by atoms with Crippen LogP contribution in [0.1, 0.15) is 6.23 Å². The summed E-state index contributed by atoms with van der Waals surface area (Å²) in [4.78, 5) is 15.1.